The summed E-state index contributed by atoms with van der Waals surface area (Å²) in [4.78, 5) is 20.4. The van der Waals surface area contributed by atoms with Crippen molar-refractivity contribution < 1.29 is 11.0 Å². The molecule has 0 spiro atoms. The number of nitrogens with two attached hydrogens (primary N) is 2. The fourth-order valence-corrected chi connectivity index (χ4v) is 4.61. The molecule has 50 heavy (non-hydrogen) atoms. The molecule has 0 atom stereocenters. The molecule has 0 unspecified atom stereocenters. The minimum absolute atomic E-state index is 0. The number of aryl methyl sites for hydroxylation is 10. The average Bonchev–Trinajstić information content (AvgIpc) is 3.88. The van der Waals surface area contributed by atoms with E-state index in [0.29, 0.717) is 24.5 Å². The molecular weight excluding hydrogens is 632 g/mol. The molecule has 0 amide bonds. The molecule has 14 nitrogen and oxygen atoms in total. The number of ketones is 2. The second-order valence-corrected chi connectivity index (χ2v) is 12.2. The number of carbonyl (C=O) groups is 2. The molecule has 0 aliphatic carbocycles. The van der Waals surface area contributed by atoms with E-state index >= 15 is 0 Å². The SMILES string of the molecule is CC(=O)CCC(C)=O.Cc1cc(-n2c(C)ccc2C)nn1C.Cc1cc(N)nn1C.Cc1ccc(C)n1-c1ccn(C)n1.Cn1ccc(N)n1.[2HH]. The van der Waals surface area contributed by atoms with Crippen LogP contribution in [0.25, 0.3) is 11.6 Å². The molecule has 6 heterocycles. The minimum atomic E-state index is 0. The third-order valence-electron chi connectivity index (χ3n) is 7.50. The zero-order valence-corrected chi connectivity index (χ0v) is 31.6. The van der Waals surface area contributed by atoms with Gasteiger partial charge in [-0.15, -0.1) is 0 Å². The van der Waals surface area contributed by atoms with Gasteiger partial charge in [0, 0.05) is 107 Å². The highest BCUT2D eigenvalue weighted by Gasteiger charge is 2.08. The van der Waals surface area contributed by atoms with Gasteiger partial charge in [-0.2, -0.15) is 20.4 Å². The molecule has 6 rings (SSSR count). The summed E-state index contributed by atoms with van der Waals surface area (Å²) in [5.41, 5.74) is 17.7. The Morgan fingerprint density at radius 3 is 1.22 bits per heavy atom. The van der Waals surface area contributed by atoms with Crippen molar-refractivity contribution >= 4 is 23.2 Å². The van der Waals surface area contributed by atoms with Gasteiger partial charge in [-0.05, 0) is 85.7 Å². The Hall–Kier alpha value is -5.66. The highest BCUT2D eigenvalue weighted by Crippen LogP contribution is 2.16. The Morgan fingerprint density at radius 1 is 0.540 bits per heavy atom. The van der Waals surface area contributed by atoms with Crippen molar-refractivity contribution in [3.8, 4) is 11.6 Å². The summed E-state index contributed by atoms with van der Waals surface area (Å²) in [6.45, 7) is 15.4. The Balaban J connectivity index is 0.000000327. The molecule has 0 aliphatic heterocycles. The molecule has 272 valence electrons. The van der Waals surface area contributed by atoms with Crippen molar-refractivity contribution in [2.75, 3.05) is 11.5 Å². The van der Waals surface area contributed by atoms with Gasteiger partial charge in [-0.25, -0.2) is 0 Å². The molecule has 0 radical (unpaired) electrons. The standard InChI is InChI=1S/C11H15N3.C10H13N3.C6H10O2.C5H9N3.C4H7N3.H2/c1-8-5-6-9(2)14(8)11-7-10(3)13(4)12-11;1-8-4-5-9(2)13(8)10-6-7-12(3)11-10;1-5(7)3-4-6(2)8;1-4-3-5(6)7-8(4)2;1-7-3-2-4(5)6-7;/h5-7H,1-4H3;4-7H,1-3H3;3-4H2,1-2H3;3H,1-2H3,(H2,6,7);2-3H,1H3,(H2,5,6);1H/i;;;;;1+1. The molecule has 0 fully saturated rings. The number of carbonyl (C=O) groups excluding carboxylic acids is 2. The van der Waals surface area contributed by atoms with Gasteiger partial charge in [-0.1, -0.05) is 0 Å². The molecule has 6 aromatic rings. The molecule has 0 aliphatic rings. The van der Waals surface area contributed by atoms with Crippen LogP contribution < -0.4 is 11.5 Å². The van der Waals surface area contributed by atoms with Gasteiger partial charge in [0.05, 0.1) is 0 Å². The van der Waals surface area contributed by atoms with Crippen LogP contribution in [0.1, 0.15) is 62.3 Å². The second-order valence-electron chi connectivity index (χ2n) is 12.2. The van der Waals surface area contributed by atoms with Crippen molar-refractivity contribution in [1.29, 1.82) is 0 Å². The van der Waals surface area contributed by atoms with Gasteiger partial charge in [-0.3, -0.25) is 18.7 Å². The summed E-state index contributed by atoms with van der Waals surface area (Å²) in [6.07, 6.45) is 4.55. The highest BCUT2D eigenvalue weighted by atomic mass is 16.1. The smallest absolute Gasteiger partial charge is 0.159 e. The second kappa shape index (κ2) is 18.8. The molecule has 4 N–H and O–H groups in total. The number of hydrogen-bond donors (Lipinski definition) is 2. The van der Waals surface area contributed by atoms with Crippen LogP contribution in [-0.2, 0) is 37.8 Å². The maximum absolute atomic E-state index is 10.2. The Kier molecular flexibility index (Phi) is 15.2. The number of anilines is 2. The normalized spacial score (nSPS) is 10.1. The molecule has 0 aromatic carbocycles. The molecular formula is C36H56N12O2. The van der Waals surface area contributed by atoms with E-state index in [0.717, 1.165) is 17.3 Å². The zero-order valence-electron chi connectivity index (χ0n) is 31.6. The summed E-state index contributed by atoms with van der Waals surface area (Å²) in [5, 5.41) is 16.5. The number of Topliss-reactive ketones (excluding diaryl/α,β-unsaturated/α-hetero) is 2. The van der Waals surface area contributed by atoms with E-state index in [4.69, 9.17) is 11.5 Å². The first-order valence-corrected chi connectivity index (χ1v) is 16.2. The van der Waals surface area contributed by atoms with Crippen molar-refractivity contribution in [1.82, 2.24) is 48.3 Å². The lowest BCUT2D eigenvalue weighted by Crippen LogP contribution is -2.00. The molecule has 0 saturated carbocycles. The topological polar surface area (TPSA) is 167 Å². The van der Waals surface area contributed by atoms with Crippen LogP contribution in [0.15, 0.2) is 60.9 Å². The maximum atomic E-state index is 10.2. The van der Waals surface area contributed by atoms with Gasteiger partial charge in [0.2, 0.25) is 0 Å². The monoisotopic (exact) mass is 689 g/mol. The molecule has 0 saturated heterocycles. The third-order valence-corrected chi connectivity index (χ3v) is 7.50. The Bertz CT molecular complexity index is 1860. The number of rotatable bonds is 5. The van der Waals surface area contributed by atoms with Crippen LogP contribution in [0.3, 0.4) is 0 Å². The number of hydrogen-bond acceptors (Lipinski definition) is 8. The van der Waals surface area contributed by atoms with Crippen LogP contribution in [0.5, 0.6) is 0 Å². The summed E-state index contributed by atoms with van der Waals surface area (Å²) in [6, 6.07) is 16.1. The Labute approximate surface area is 296 Å². The lowest BCUT2D eigenvalue weighted by atomic mass is 10.2. The number of aromatic nitrogens is 10. The van der Waals surface area contributed by atoms with Crippen LogP contribution in [0, 0.1) is 41.5 Å². The van der Waals surface area contributed by atoms with E-state index in [-0.39, 0.29) is 13.0 Å². The maximum Gasteiger partial charge on any atom is 0.159 e. The Morgan fingerprint density at radius 2 is 0.960 bits per heavy atom. The average molecular weight is 690 g/mol. The highest BCUT2D eigenvalue weighted by molar-refractivity contribution is 5.83. The fraction of sp³-hybridized carbons (Fsp3) is 0.389. The van der Waals surface area contributed by atoms with Crippen LogP contribution >= 0.6 is 0 Å². The third kappa shape index (κ3) is 12.7. The summed E-state index contributed by atoms with van der Waals surface area (Å²) < 4.78 is 11.4. The zero-order chi connectivity index (χ0) is 37.7. The predicted molar refractivity (Wildman–Crippen MR) is 201 cm³/mol. The molecule has 6 aromatic heterocycles. The summed E-state index contributed by atoms with van der Waals surface area (Å²) >= 11 is 0. The van der Waals surface area contributed by atoms with Crippen molar-refractivity contribution in [3.63, 3.8) is 0 Å². The summed E-state index contributed by atoms with van der Waals surface area (Å²) in [5.74, 6) is 3.32. The molecule has 14 heteroatoms. The minimum Gasteiger partial charge on any atom is -0.382 e. The fourth-order valence-electron chi connectivity index (χ4n) is 4.61. The largest absolute Gasteiger partial charge is 0.382 e. The van der Waals surface area contributed by atoms with Crippen LogP contribution in [-0.4, -0.2) is 59.8 Å². The first-order valence-electron chi connectivity index (χ1n) is 16.2. The van der Waals surface area contributed by atoms with Gasteiger partial charge in [0.25, 0.3) is 0 Å². The first-order chi connectivity index (χ1) is 23.4. The molecule has 0 bridgehead atoms. The van der Waals surface area contributed by atoms with Crippen molar-refractivity contribution in [3.05, 3.63) is 95.1 Å². The van der Waals surface area contributed by atoms with E-state index in [2.05, 4.69) is 94.5 Å². The first kappa shape index (κ1) is 40.5. The van der Waals surface area contributed by atoms with Crippen molar-refractivity contribution in [2.45, 2.75) is 68.2 Å². The van der Waals surface area contributed by atoms with Crippen molar-refractivity contribution in [2.24, 2.45) is 28.2 Å². The lowest BCUT2D eigenvalue weighted by Gasteiger charge is -2.03. The van der Waals surface area contributed by atoms with Gasteiger partial charge >= 0.3 is 0 Å². The van der Waals surface area contributed by atoms with Crippen LogP contribution in [0.4, 0.5) is 11.6 Å². The number of nitrogens with zero attached hydrogens (tertiary/aromatic N) is 10. The van der Waals surface area contributed by atoms with E-state index < -0.39 is 0 Å². The van der Waals surface area contributed by atoms with Gasteiger partial charge < -0.3 is 30.2 Å². The van der Waals surface area contributed by atoms with Crippen LogP contribution in [0.2, 0.25) is 0 Å². The van der Waals surface area contributed by atoms with E-state index in [1.807, 2.05) is 62.8 Å². The van der Waals surface area contributed by atoms with Gasteiger partial charge in [0.15, 0.2) is 11.6 Å². The van der Waals surface area contributed by atoms with Gasteiger partial charge in [0.1, 0.15) is 23.2 Å². The predicted octanol–water partition coefficient (Wildman–Crippen LogP) is 5.47. The van der Waals surface area contributed by atoms with E-state index in [1.54, 1.807) is 21.6 Å². The van der Waals surface area contributed by atoms with E-state index in [9.17, 15) is 9.59 Å². The summed E-state index contributed by atoms with van der Waals surface area (Å²) in [7, 11) is 7.59. The van der Waals surface area contributed by atoms with E-state index in [1.165, 1.54) is 42.3 Å². The number of nitrogen functional groups attached to an aromatic ring is 2. The lowest BCUT2D eigenvalue weighted by molar-refractivity contribution is -0.122. The quantitative estimate of drug-likeness (QED) is 0.240.